The minimum absolute atomic E-state index is 0.117. The highest BCUT2D eigenvalue weighted by Crippen LogP contribution is 2.21. The van der Waals surface area contributed by atoms with Gasteiger partial charge in [-0.05, 0) is 24.5 Å². The van der Waals surface area contributed by atoms with Gasteiger partial charge in [0, 0.05) is 56.8 Å². The highest BCUT2D eigenvalue weighted by atomic mass is 16.4. The van der Waals surface area contributed by atoms with Gasteiger partial charge in [0.2, 0.25) is 5.91 Å². The zero-order valence-corrected chi connectivity index (χ0v) is 15.0. The monoisotopic (exact) mass is 363 g/mol. The van der Waals surface area contributed by atoms with Gasteiger partial charge in [0.15, 0.2) is 5.89 Å². The van der Waals surface area contributed by atoms with E-state index in [4.69, 9.17) is 4.42 Å². The van der Waals surface area contributed by atoms with Gasteiger partial charge in [0.05, 0.1) is 12.2 Å². The number of pyridine rings is 1. The Morgan fingerprint density at radius 1 is 1.11 bits per heavy atom. The van der Waals surface area contributed by atoms with Gasteiger partial charge in [-0.25, -0.2) is 4.98 Å². The molecule has 3 aromatic rings. The normalized spacial score (nSPS) is 13.4. The lowest BCUT2D eigenvalue weighted by molar-refractivity contribution is -0.132. The molecule has 0 N–H and O–H groups in total. The zero-order valence-electron chi connectivity index (χ0n) is 15.0. The molecule has 4 heterocycles. The number of hydrogen-bond acceptors (Lipinski definition) is 6. The minimum atomic E-state index is 0.117. The highest BCUT2D eigenvalue weighted by Gasteiger charge is 2.25. The molecule has 0 atom stereocenters. The SMILES string of the molecule is O=C(CCc1cnccn1)N1CCc2oc(CCc3cccnc3)nc2C1. The molecule has 0 radical (unpaired) electrons. The van der Waals surface area contributed by atoms with Crippen molar-refractivity contribution in [3.8, 4) is 0 Å². The summed E-state index contributed by atoms with van der Waals surface area (Å²) in [5, 5.41) is 0. The molecule has 0 saturated carbocycles. The van der Waals surface area contributed by atoms with Crippen LogP contribution < -0.4 is 0 Å². The fraction of sp³-hybridized carbons (Fsp3) is 0.350. The second kappa shape index (κ2) is 8.07. The first-order valence-corrected chi connectivity index (χ1v) is 9.17. The molecule has 0 spiro atoms. The second-order valence-electron chi connectivity index (χ2n) is 6.60. The number of nitrogens with zero attached hydrogens (tertiary/aromatic N) is 5. The van der Waals surface area contributed by atoms with E-state index in [2.05, 4.69) is 19.9 Å². The molecular weight excluding hydrogens is 342 g/mol. The topological polar surface area (TPSA) is 85.0 Å². The summed E-state index contributed by atoms with van der Waals surface area (Å²) in [6.07, 6.45) is 11.9. The van der Waals surface area contributed by atoms with E-state index in [0.717, 1.165) is 41.4 Å². The Hall–Kier alpha value is -3.09. The number of aromatic nitrogens is 4. The third kappa shape index (κ3) is 4.36. The summed E-state index contributed by atoms with van der Waals surface area (Å²) < 4.78 is 5.90. The largest absolute Gasteiger partial charge is 0.445 e. The summed E-state index contributed by atoms with van der Waals surface area (Å²) >= 11 is 0. The van der Waals surface area contributed by atoms with Gasteiger partial charge in [-0.2, -0.15) is 0 Å². The highest BCUT2D eigenvalue weighted by molar-refractivity contribution is 5.76. The Labute approximate surface area is 157 Å². The molecule has 27 heavy (non-hydrogen) atoms. The van der Waals surface area contributed by atoms with E-state index in [1.165, 1.54) is 0 Å². The summed E-state index contributed by atoms with van der Waals surface area (Å²) in [6.45, 7) is 1.19. The molecule has 138 valence electrons. The Morgan fingerprint density at radius 2 is 2.04 bits per heavy atom. The third-order valence-electron chi connectivity index (χ3n) is 4.69. The number of carbonyl (C=O) groups is 1. The number of fused-ring (bicyclic) bond motifs is 1. The zero-order chi connectivity index (χ0) is 18.5. The number of amides is 1. The van der Waals surface area contributed by atoms with E-state index in [-0.39, 0.29) is 5.91 Å². The van der Waals surface area contributed by atoms with Crippen LogP contribution in [0.3, 0.4) is 0 Å². The molecule has 0 saturated heterocycles. The lowest BCUT2D eigenvalue weighted by Crippen LogP contribution is -2.36. The van der Waals surface area contributed by atoms with E-state index >= 15 is 0 Å². The van der Waals surface area contributed by atoms with E-state index < -0.39 is 0 Å². The number of aryl methyl sites for hydroxylation is 3. The molecular formula is C20H21N5O2. The maximum absolute atomic E-state index is 12.5. The molecule has 1 aliphatic rings. The van der Waals surface area contributed by atoms with Crippen molar-refractivity contribution < 1.29 is 9.21 Å². The van der Waals surface area contributed by atoms with E-state index in [1.807, 2.05) is 23.2 Å². The summed E-state index contributed by atoms with van der Waals surface area (Å²) in [4.78, 5) is 31.4. The van der Waals surface area contributed by atoms with Crippen LogP contribution in [0.25, 0.3) is 0 Å². The number of hydrogen-bond donors (Lipinski definition) is 0. The average molecular weight is 363 g/mol. The minimum Gasteiger partial charge on any atom is -0.445 e. The van der Waals surface area contributed by atoms with Crippen LogP contribution in [0.15, 0.2) is 47.5 Å². The van der Waals surface area contributed by atoms with Crippen molar-refractivity contribution in [1.82, 2.24) is 24.8 Å². The Morgan fingerprint density at radius 3 is 2.85 bits per heavy atom. The molecule has 0 aliphatic carbocycles. The fourth-order valence-electron chi connectivity index (χ4n) is 3.22. The molecule has 3 aromatic heterocycles. The van der Waals surface area contributed by atoms with Crippen LogP contribution in [-0.2, 0) is 37.0 Å². The number of carbonyl (C=O) groups excluding carboxylic acids is 1. The molecule has 0 fully saturated rings. The van der Waals surface area contributed by atoms with Crippen molar-refractivity contribution in [2.24, 2.45) is 0 Å². The molecule has 7 heteroatoms. The smallest absolute Gasteiger partial charge is 0.223 e. The molecule has 4 rings (SSSR count). The summed E-state index contributed by atoms with van der Waals surface area (Å²) in [5.41, 5.74) is 2.88. The maximum Gasteiger partial charge on any atom is 0.223 e. The average Bonchev–Trinajstić information content (AvgIpc) is 3.14. The van der Waals surface area contributed by atoms with Gasteiger partial charge >= 0.3 is 0 Å². The van der Waals surface area contributed by atoms with Gasteiger partial charge in [-0.15, -0.1) is 0 Å². The number of oxazole rings is 1. The van der Waals surface area contributed by atoms with Gasteiger partial charge in [0.1, 0.15) is 11.5 Å². The van der Waals surface area contributed by atoms with Crippen LogP contribution in [0.5, 0.6) is 0 Å². The van der Waals surface area contributed by atoms with Crippen LogP contribution in [0.1, 0.15) is 35.0 Å². The number of rotatable bonds is 6. The van der Waals surface area contributed by atoms with Crippen molar-refractivity contribution in [1.29, 1.82) is 0 Å². The van der Waals surface area contributed by atoms with Crippen LogP contribution in [0, 0.1) is 0 Å². The van der Waals surface area contributed by atoms with Gasteiger partial charge < -0.3 is 9.32 Å². The third-order valence-corrected chi connectivity index (χ3v) is 4.69. The van der Waals surface area contributed by atoms with Crippen LogP contribution in [0.4, 0.5) is 0 Å². The Balaban J connectivity index is 1.32. The molecule has 0 aromatic carbocycles. The fourth-order valence-corrected chi connectivity index (χ4v) is 3.22. The summed E-state index contributed by atoms with van der Waals surface area (Å²) in [5.74, 6) is 1.76. The summed E-state index contributed by atoms with van der Waals surface area (Å²) in [7, 11) is 0. The maximum atomic E-state index is 12.5. The molecule has 0 bridgehead atoms. The Kier molecular flexibility index (Phi) is 5.18. The predicted octanol–water partition coefficient (Wildman–Crippen LogP) is 2.16. The molecule has 1 amide bonds. The van der Waals surface area contributed by atoms with Crippen molar-refractivity contribution in [2.45, 2.75) is 38.6 Å². The van der Waals surface area contributed by atoms with E-state index in [9.17, 15) is 4.79 Å². The second-order valence-corrected chi connectivity index (χ2v) is 6.60. The summed E-state index contributed by atoms with van der Waals surface area (Å²) in [6, 6.07) is 3.98. The molecule has 7 nitrogen and oxygen atoms in total. The lowest BCUT2D eigenvalue weighted by atomic mass is 10.1. The van der Waals surface area contributed by atoms with E-state index in [0.29, 0.717) is 32.4 Å². The first kappa shape index (κ1) is 17.3. The van der Waals surface area contributed by atoms with Crippen molar-refractivity contribution >= 4 is 5.91 Å². The van der Waals surface area contributed by atoms with Gasteiger partial charge in [-0.3, -0.25) is 19.7 Å². The quantitative estimate of drug-likeness (QED) is 0.667. The standard InChI is InChI=1S/C20H21N5O2/c26-20(6-4-16-13-22-9-10-23-16)25-11-7-18-17(14-25)24-19(27-18)5-3-15-2-1-8-21-12-15/h1-2,8-10,12-13H,3-7,11,14H2. The van der Waals surface area contributed by atoms with Crippen molar-refractivity contribution in [3.63, 3.8) is 0 Å². The van der Waals surface area contributed by atoms with Crippen LogP contribution in [0.2, 0.25) is 0 Å². The molecule has 0 unspecified atom stereocenters. The van der Waals surface area contributed by atoms with Crippen molar-refractivity contribution in [2.75, 3.05) is 6.54 Å². The van der Waals surface area contributed by atoms with Gasteiger partial charge in [0.25, 0.3) is 0 Å². The first-order chi connectivity index (χ1) is 13.3. The predicted molar refractivity (Wildman–Crippen MR) is 97.6 cm³/mol. The lowest BCUT2D eigenvalue weighted by Gasteiger charge is -2.25. The van der Waals surface area contributed by atoms with Crippen LogP contribution in [-0.4, -0.2) is 37.3 Å². The van der Waals surface area contributed by atoms with E-state index in [1.54, 1.807) is 24.8 Å². The Bertz CT molecular complexity index is 895. The van der Waals surface area contributed by atoms with Crippen molar-refractivity contribution in [3.05, 3.63) is 71.7 Å². The van der Waals surface area contributed by atoms with Crippen LogP contribution >= 0.6 is 0 Å². The first-order valence-electron chi connectivity index (χ1n) is 9.17. The molecule has 1 aliphatic heterocycles. The van der Waals surface area contributed by atoms with Gasteiger partial charge in [-0.1, -0.05) is 6.07 Å².